The molecule has 21 heavy (non-hydrogen) atoms. The first kappa shape index (κ1) is 21.3. The van der Waals surface area contributed by atoms with Crippen LogP contribution in [0, 0.1) is 13.8 Å². The van der Waals surface area contributed by atoms with Crippen molar-refractivity contribution in [3.05, 3.63) is 35.4 Å². The Morgan fingerprint density at radius 1 is 1.05 bits per heavy atom. The molecule has 9 heteroatoms. The Morgan fingerprint density at radius 3 is 1.76 bits per heavy atom. The van der Waals surface area contributed by atoms with Gasteiger partial charge in [0, 0.05) is 6.54 Å². The van der Waals surface area contributed by atoms with E-state index in [-0.39, 0.29) is 13.0 Å². The van der Waals surface area contributed by atoms with Crippen molar-refractivity contribution in [2.75, 3.05) is 18.6 Å². The van der Waals surface area contributed by atoms with E-state index in [9.17, 15) is 16.8 Å². The largest absolute Gasteiger partial charge is 0.286 e. The molecule has 0 saturated heterocycles. The van der Waals surface area contributed by atoms with E-state index >= 15 is 0 Å². The van der Waals surface area contributed by atoms with E-state index in [1.165, 1.54) is 11.1 Å². The van der Waals surface area contributed by atoms with Gasteiger partial charge in [-0.1, -0.05) is 24.3 Å². The molecular formula is C12H21MtNO5S2. The summed E-state index contributed by atoms with van der Waals surface area (Å²) in [5, 5.41) is 0. The van der Waals surface area contributed by atoms with Gasteiger partial charge in [-0.3, -0.25) is 4.55 Å². The van der Waals surface area contributed by atoms with E-state index in [0.717, 1.165) is 6.26 Å². The Morgan fingerprint density at radius 2 is 1.48 bits per heavy atom. The number of hydrogen-bond donors (Lipinski definition) is 2. The molecule has 0 unspecified atom stereocenters. The molecule has 0 aliphatic rings. The maximum atomic E-state index is 10.4. The molecule has 0 aliphatic heterocycles. The minimum atomic E-state index is -3.98. The smallest absolute Gasteiger partial charge is 0.264 e. The fraction of sp³-hybridized carbons (Fsp3) is 0.500. The molecule has 0 atom stereocenters. The minimum absolute atomic E-state index is 0. The molecule has 2 N–H and O–H groups in total. The van der Waals surface area contributed by atoms with Crippen molar-refractivity contribution in [3.63, 3.8) is 0 Å². The monoisotopic (exact) mass is 601 g/mol. The predicted molar refractivity (Wildman–Crippen MR) is 79.8 cm³/mol. The van der Waals surface area contributed by atoms with E-state index in [0.29, 0.717) is 0 Å². The van der Waals surface area contributed by atoms with E-state index in [1.807, 2.05) is 0 Å². The molecular weight excluding hydrogens is 580 g/mol. The summed E-state index contributed by atoms with van der Waals surface area (Å²) in [6.45, 7) is 4.25. The second kappa shape index (κ2) is 9.06. The summed E-state index contributed by atoms with van der Waals surface area (Å²) in [4.78, 5) is 0. The normalized spacial score (nSPS) is 11.0. The van der Waals surface area contributed by atoms with Crippen LogP contribution < -0.4 is 4.72 Å². The molecule has 0 saturated carbocycles. The van der Waals surface area contributed by atoms with Crippen molar-refractivity contribution in [1.29, 1.82) is 0 Å². The van der Waals surface area contributed by atoms with Crippen LogP contribution in [0.25, 0.3) is 0 Å². The summed E-state index contributed by atoms with van der Waals surface area (Å²) in [6, 6.07) is 8.36. The molecule has 118 valence electrons. The number of benzene rings is 1. The first-order valence-corrected chi connectivity index (χ1v) is 9.43. The Balaban J connectivity index is 0. The van der Waals surface area contributed by atoms with Gasteiger partial charge >= 0.3 is 0 Å². The number of nitrogens with one attached hydrogen (secondary N) is 1. The van der Waals surface area contributed by atoms with E-state index in [4.69, 9.17) is 4.55 Å². The summed E-state index contributed by atoms with van der Waals surface area (Å²) >= 11 is 0. The summed E-state index contributed by atoms with van der Waals surface area (Å²) in [7, 11) is -7.24. The molecule has 0 amide bonds. The molecule has 0 heterocycles. The summed E-state index contributed by atoms with van der Waals surface area (Å²) in [5.74, 6) is -0.435. The van der Waals surface area contributed by atoms with E-state index in [1.54, 1.807) is 0 Å². The Labute approximate surface area is 121 Å². The van der Waals surface area contributed by atoms with E-state index in [2.05, 4.69) is 42.8 Å². The van der Waals surface area contributed by atoms with Crippen LogP contribution in [0.5, 0.6) is 0 Å². The third kappa shape index (κ3) is 14.3. The van der Waals surface area contributed by atoms with Gasteiger partial charge in [0.15, 0.2) is 0 Å². The standard InChI is InChI=1S/C8H10.C4H11NO5S2.Mt/c1-7-5-3-4-6-8(7)2;1-11(6,7)5-3-2-4-12(8,9)10;/h3-6H,1-2H3;5H,2-4H2,1H3,(H,8,9,10);. The first-order chi connectivity index (χ1) is 9.01. The zero-order chi connectivity index (χ0) is 15.8. The number of rotatable bonds is 5. The van der Waals surface area contributed by atoms with Gasteiger partial charge in [0.1, 0.15) is 0 Å². The Bertz CT molecular complexity index is 559. The SMILES string of the molecule is CS(=O)(=O)NCCCS(=O)(=O)O.Cc1ccccc1C.[Mt]. The Kier molecular flexibility index (Phi) is 9.21. The van der Waals surface area contributed by atoms with Gasteiger partial charge < -0.3 is 0 Å². The van der Waals surface area contributed by atoms with Crippen molar-refractivity contribution in [2.24, 2.45) is 0 Å². The topological polar surface area (TPSA) is 101 Å². The number of aryl methyl sites for hydroxylation is 2. The molecule has 1 aromatic carbocycles. The van der Waals surface area contributed by atoms with Crippen LogP contribution in [0.3, 0.4) is 0 Å². The fourth-order valence-electron chi connectivity index (χ4n) is 1.17. The van der Waals surface area contributed by atoms with Gasteiger partial charge in [-0.2, -0.15) is 8.42 Å². The van der Waals surface area contributed by atoms with Gasteiger partial charge in [-0.05, 0) is 31.4 Å². The zero-order valence-electron chi connectivity index (χ0n) is 12.5. The zero-order valence-corrected chi connectivity index (χ0v) is 20.7. The quantitative estimate of drug-likeness (QED) is 0.390. The second-order valence-electron chi connectivity index (χ2n) is 4.39. The van der Waals surface area contributed by atoms with Gasteiger partial charge in [0.05, 0.1) is 12.0 Å². The first-order valence-electron chi connectivity index (χ1n) is 5.93. The van der Waals surface area contributed by atoms with Gasteiger partial charge in [0.25, 0.3) is 10.1 Å². The molecule has 0 aromatic heterocycles. The predicted octanol–water partition coefficient (Wildman–Crippen LogP) is 1.12. The van der Waals surface area contributed by atoms with Crippen LogP contribution in [0.4, 0.5) is 0 Å². The van der Waals surface area contributed by atoms with E-state index < -0.39 is 25.9 Å². The molecule has 0 fully saturated rings. The maximum absolute atomic E-state index is 10.4. The fourth-order valence-corrected chi connectivity index (χ4v) is 2.20. The van der Waals surface area contributed by atoms with Crippen molar-refractivity contribution in [2.45, 2.75) is 20.3 Å². The molecule has 0 radical (unpaired) electrons. The number of sulfonamides is 1. The van der Waals surface area contributed by atoms with Crippen molar-refractivity contribution in [1.82, 2.24) is 4.72 Å². The molecule has 1 aromatic rings. The van der Waals surface area contributed by atoms with Crippen molar-refractivity contribution in [3.8, 4) is 0 Å². The molecule has 0 spiro atoms. The molecule has 0 aliphatic carbocycles. The van der Waals surface area contributed by atoms with Gasteiger partial charge in [0.2, 0.25) is 10.0 Å². The molecule has 0 bridgehead atoms. The average Bonchev–Trinajstić information content (AvgIpc) is 2.27. The number of hydrogen-bond acceptors (Lipinski definition) is 4. The Hall–Kier alpha value is -1.96. The third-order valence-corrected chi connectivity index (χ3v) is 3.90. The molecule has 1 rings (SSSR count). The second-order valence-corrected chi connectivity index (χ2v) is 7.80. The van der Waals surface area contributed by atoms with Gasteiger partial charge in [-0.25, -0.2) is 13.1 Å². The van der Waals surface area contributed by atoms with Crippen LogP contribution in [-0.4, -0.2) is 39.9 Å². The van der Waals surface area contributed by atoms with Crippen LogP contribution >= 0.6 is 0 Å². The van der Waals surface area contributed by atoms with Gasteiger partial charge in [-0.15, -0.1) is 0 Å². The van der Waals surface area contributed by atoms with Crippen molar-refractivity contribution >= 4 is 20.1 Å². The maximum Gasteiger partial charge on any atom is 0.264 e. The third-order valence-electron chi connectivity index (χ3n) is 2.37. The summed E-state index contributed by atoms with van der Waals surface area (Å²) in [5.41, 5.74) is 2.74. The average molecular weight is 601 g/mol. The summed E-state index contributed by atoms with van der Waals surface area (Å²) < 4.78 is 51.5. The van der Waals surface area contributed by atoms with Crippen LogP contribution in [0.1, 0.15) is 17.5 Å². The van der Waals surface area contributed by atoms with Crippen LogP contribution in [0.15, 0.2) is 24.3 Å². The summed E-state index contributed by atoms with van der Waals surface area (Å²) in [6.07, 6.45) is 1.03. The molecule has 6 nitrogen and oxygen atoms in total. The van der Waals surface area contributed by atoms with Crippen molar-refractivity contribution < 1.29 is 21.4 Å². The minimum Gasteiger partial charge on any atom is -0.286 e. The van der Waals surface area contributed by atoms with Crippen LogP contribution in [0.2, 0.25) is 0 Å². The van der Waals surface area contributed by atoms with Crippen LogP contribution in [-0.2, 0) is 20.1 Å².